The van der Waals surface area contributed by atoms with Crippen molar-refractivity contribution < 1.29 is 23.1 Å². The van der Waals surface area contributed by atoms with Gasteiger partial charge in [-0.25, -0.2) is 4.39 Å². The van der Waals surface area contributed by atoms with Gasteiger partial charge in [-0.1, -0.05) is 6.07 Å². The smallest absolute Gasteiger partial charge is 0.273 e. The molecule has 7 heteroatoms. The first kappa shape index (κ1) is 16.5. The maximum Gasteiger partial charge on any atom is 0.273 e. The van der Waals surface area contributed by atoms with E-state index in [4.69, 9.17) is 9.15 Å². The van der Waals surface area contributed by atoms with Crippen LogP contribution in [0.15, 0.2) is 28.7 Å². The lowest BCUT2D eigenvalue weighted by Crippen LogP contribution is -2.42. The lowest BCUT2D eigenvalue weighted by atomic mass is 10.1. The molecular formula is C16H17FN2O4. The average molecular weight is 320 g/mol. The first-order chi connectivity index (χ1) is 10.9. The molecule has 2 N–H and O–H groups in total. The van der Waals surface area contributed by atoms with E-state index in [9.17, 15) is 14.0 Å². The third-order valence-electron chi connectivity index (χ3n) is 3.18. The Morgan fingerprint density at radius 3 is 2.52 bits per heavy atom. The molecule has 0 aliphatic carbocycles. The highest BCUT2D eigenvalue weighted by molar-refractivity contribution is 5.96. The summed E-state index contributed by atoms with van der Waals surface area (Å²) in [6.07, 6.45) is -0.0788. The van der Waals surface area contributed by atoms with Crippen LogP contribution >= 0.6 is 0 Å². The Labute approximate surface area is 132 Å². The molecule has 0 saturated carbocycles. The van der Waals surface area contributed by atoms with Crippen LogP contribution in [0.5, 0.6) is 5.75 Å². The van der Waals surface area contributed by atoms with Gasteiger partial charge >= 0.3 is 0 Å². The van der Waals surface area contributed by atoms with E-state index in [1.807, 2.05) is 0 Å². The van der Waals surface area contributed by atoms with Crippen molar-refractivity contribution in [3.05, 3.63) is 52.7 Å². The molecule has 0 fully saturated rings. The summed E-state index contributed by atoms with van der Waals surface area (Å²) in [5, 5.41) is 0. The number of rotatable bonds is 4. The molecule has 1 aromatic heterocycles. The van der Waals surface area contributed by atoms with Crippen LogP contribution in [0.1, 0.15) is 27.4 Å². The van der Waals surface area contributed by atoms with Crippen LogP contribution in [0.4, 0.5) is 4.39 Å². The highest BCUT2D eigenvalue weighted by Gasteiger charge is 2.14. The van der Waals surface area contributed by atoms with Gasteiger partial charge in [0.1, 0.15) is 11.5 Å². The van der Waals surface area contributed by atoms with Gasteiger partial charge in [0.05, 0.1) is 19.1 Å². The molecule has 0 saturated heterocycles. The molecule has 2 aromatic rings. The maximum atomic E-state index is 13.5. The minimum atomic E-state index is -0.550. The first-order valence-corrected chi connectivity index (χ1v) is 6.89. The number of nitrogens with one attached hydrogen (secondary N) is 2. The van der Waals surface area contributed by atoms with Gasteiger partial charge in [0.2, 0.25) is 5.91 Å². The van der Waals surface area contributed by atoms with Crippen LogP contribution < -0.4 is 15.6 Å². The molecule has 1 aromatic carbocycles. The third kappa shape index (κ3) is 4.09. The summed E-state index contributed by atoms with van der Waals surface area (Å²) in [5.41, 5.74) is 5.38. The Bertz CT molecular complexity index is 740. The fourth-order valence-corrected chi connectivity index (χ4v) is 2.10. The number of furan rings is 1. The standard InChI is InChI=1S/C16H17FN2O4/c1-9-6-12(10(2)23-9)16(21)19-18-15(20)8-11-4-5-14(22-3)13(17)7-11/h4-7H,8H2,1-3H3,(H,18,20)(H,19,21). The lowest BCUT2D eigenvalue weighted by molar-refractivity contribution is -0.121. The van der Waals surface area contributed by atoms with Gasteiger partial charge in [0, 0.05) is 0 Å². The number of ether oxygens (including phenoxy) is 1. The number of hydrogen-bond acceptors (Lipinski definition) is 4. The zero-order valence-corrected chi connectivity index (χ0v) is 13.0. The Kier molecular flexibility index (Phi) is 5.00. The molecule has 0 atom stereocenters. The number of benzene rings is 1. The zero-order valence-electron chi connectivity index (χ0n) is 13.0. The first-order valence-electron chi connectivity index (χ1n) is 6.89. The van der Waals surface area contributed by atoms with Crippen LogP contribution in [-0.2, 0) is 11.2 Å². The lowest BCUT2D eigenvalue weighted by Gasteiger charge is -2.08. The summed E-state index contributed by atoms with van der Waals surface area (Å²) in [5.74, 6) is -0.326. The van der Waals surface area contributed by atoms with Gasteiger partial charge < -0.3 is 9.15 Å². The molecular weight excluding hydrogens is 303 g/mol. The number of carbonyl (C=O) groups is 2. The van der Waals surface area contributed by atoms with E-state index in [-0.39, 0.29) is 12.2 Å². The number of methoxy groups -OCH3 is 1. The molecule has 1 heterocycles. The summed E-state index contributed by atoms with van der Waals surface area (Å²) in [7, 11) is 1.36. The van der Waals surface area contributed by atoms with E-state index in [0.717, 1.165) is 0 Å². The van der Waals surface area contributed by atoms with Crippen molar-refractivity contribution in [2.24, 2.45) is 0 Å². The van der Waals surface area contributed by atoms with Crippen molar-refractivity contribution in [2.75, 3.05) is 7.11 Å². The molecule has 0 bridgehead atoms. The van der Waals surface area contributed by atoms with E-state index in [1.54, 1.807) is 26.0 Å². The van der Waals surface area contributed by atoms with Gasteiger partial charge in [-0.05, 0) is 37.6 Å². The highest BCUT2D eigenvalue weighted by Crippen LogP contribution is 2.18. The molecule has 0 spiro atoms. The monoisotopic (exact) mass is 320 g/mol. The molecule has 0 aliphatic heterocycles. The maximum absolute atomic E-state index is 13.5. The fraction of sp³-hybridized carbons (Fsp3) is 0.250. The summed E-state index contributed by atoms with van der Waals surface area (Å²) >= 11 is 0. The van der Waals surface area contributed by atoms with E-state index in [0.29, 0.717) is 22.6 Å². The van der Waals surface area contributed by atoms with Crippen LogP contribution in [0, 0.1) is 19.7 Å². The number of amides is 2. The quantitative estimate of drug-likeness (QED) is 0.845. The molecule has 2 rings (SSSR count). The van der Waals surface area contributed by atoms with Crippen molar-refractivity contribution in [1.29, 1.82) is 0 Å². The normalized spacial score (nSPS) is 10.3. The predicted octanol–water partition coefficient (Wildman–Crippen LogP) is 2.05. The second-order valence-electron chi connectivity index (χ2n) is 4.97. The number of carbonyl (C=O) groups excluding carboxylic acids is 2. The second-order valence-corrected chi connectivity index (χ2v) is 4.97. The van der Waals surface area contributed by atoms with Crippen molar-refractivity contribution in [2.45, 2.75) is 20.3 Å². The Morgan fingerprint density at radius 2 is 1.96 bits per heavy atom. The predicted molar refractivity (Wildman–Crippen MR) is 80.4 cm³/mol. The van der Waals surface area contributed by atoms with Crippen LogP contribution in [0.2, 0.25) is 0 Å². The van der Waals surface area contributed by atoms with E-state index < -0.39 is 17.6 Å². The Balaban J connectivity index is 1.91. The van der Waals surface area contributed by atoms with Crippen molar-refractivity contribution in [1.82, 2.24) is 10.9 Å². The summed E-state index contributed by atoms with van der Waals surface area (Å²) in [6, 6.07) is 5.81. The van der Waals surface area contributed by atoms with E-state index in [1.165, 1.54) is 19.2 Å². The SMILES string of the molecule is COc1ccc(CC(=O)NNC(=O)c2cc(C)oc2C)cc1F. The number of aryl methyl sites for hydroxylation is 2. The van der Waals surface area contributed by atoms with Crippen LogP contribution in [-0.4, -0.2) is 18.9 Å². The highest BCUT2D eigenvalue weighted by atomic mass is 19.1. The van der Waals surface area contributed by atoms with Crippen molar-refractivity contribution >= 4 is 11.8 Å². The van der Waals surface area contributed by atoms with Gasteiger partial charge in [-0.2, -0.15) is 0 Å². The summed E-state index contributed by atoms with van der Waals surface area (Å²) in [4.78, 5) is 23.7. The van der Waals surface area contributed by atoms with Crippen molar-refractivity contribution in [3.63, 3.8) is 0 Å². The summed E-state index contributed by atoms with van der Waals surface area (Å²) in [6.45, 7) is 3.38. The molecule has 0 radical (unpaired) electrons. The van der Waals surface area contributed by atoms with Crippen molar-refractivity contribution in [3.8, 4) is 5.75 Å². The topological polar surface area (TPSA) is 80.6 Å². The van der Waals surface area contributed by atoms with E-state index >= 15 is 0 Å². The minimum absolute atomic E-state index is 0.0788. The summed E-state index contributed by atoms with van der Waals surface area (Å²) < 4.78 is 23.6. The molecule has 0 unspecified atom stereocenters. The Morgan fingerprint density at radius 1 is 1.22 bits per heavy atom. The van der Waals surface area contributed by atoms with Gasteiger partial charge in [-0.15, -0.1) is 0 Å². The average Bonchev–Trinajstić information content (AvgIpc) is 2.84. The zero-order chi connectivity index (χ0) is 17.0. The largest absolute Gasteiger partial charge is 0.494 e. The van der Waals surface area contributed by atoms with Gasteiger partial charge in [0.25, 0.3) is 5.91 Å². The number of halogens is 1. The third-order valence-corrected chi connectivity index (χ3v) is 3.18. The van der Waals surface area contributed by atoms with Gasteiger partial charge in [-0.3, -0.25) is 20.4 Å². The van der Waals surface area contributed by atoms with Crippen LogP contribution in [0.3, 0.4) is 0 Å². The van der Waals surface area contributed by atoms with E-state index in [2.05, 4.69) is 10.9 Å². The molecule has 6 nitrogen and oxygen atoms in total. The van der Waals surface area contributed by atoms with Crippen LogP contribution in [0.25, 0.3) is 0 Å². The Hall–Kier alpha value is -2.83. The number of hydrogen-bond donors (Lipinski definition) is 2. The fourth-order valence-electron chi connectivity index (χ4n) is 2.10. The molecule has 122 valence electrons. The second kappa shape index (κ2) is 6.95. The minimum Gasteiger partial charge on any atom is -0.494 e. The molecule has 23 heavy (non-hydrogen) atoms. The molecule has 2 amide bonds. The molecule has 0 aliphatic rings. The van der Waals surface area contributed by atoms with Gasteiger partial charge in [0.15, 0.2) is 11.6 Å². The number of hydrazine groups is 1.